The molecule has 1 N–H and O–H groups in total. The molecule has 9 heteroatoms. The minimum absolute atomic E-state index is 0.211. The molecule has 1 atom stereocenters. The van der Waals surface area contributed by atoms with Gasteiger partial charge >= 0.3 is 0 Å². The Morgan fingerprint density at radius 3 is 2.61 bits per heavy atom. The fraction of sp³-hybridized carbons (Fsp3) is 0.292. The molecule has 2 aliphatic rings. The standard InChI is InChI=1S/C24H23ClN4O4/c1-15-11-19-22(30)29(18-7-8-20-21(12-18)33-10-9-32-20)24(2,14-28(19)27-15)23(31)26-13-16-3-5-17(25)6-4-16/h3-8,11-12H,9-10,13-14H2,1-2H3,(H,26,31)/t24-/m0/s1. The third-order valence-corrected chi connectivity index (χ3v) is 6.17. The third kappa shape index (κ3) is 3.80. The molecule has 0 bridgehead atoms. The molecule has 0 spiro atoms. The van der Waals surface area contributed by atoms with Gasteiger partial charge in [0.25, 0.3) is 5.91 Å². The number of aromatic nitrogens is 2. The first-order chi connectivity index (χ1) is 15.8. The first kappa shape index (κ1) is 21.3. The summed E-state index contributed by atoms with van der Waals surface area (Å²) < 4.78 is 12.9. The van der Waals surface area contributed by atoms with Gasteiger partial charge < -0.3 is 14.8 Å². The number of fused-ring (bicyclic) bond motifs is 2. The Kier molecular flexibility index (Phi) is 5.25. The summed E-state index contributed by atoms with van der Waals surface area (Å²) in [6.07, 6.45) is 0. The number of amides is 2. The van der Waals surface area contributed by atoms with Crippen LogP contribution in [0.25, 0.3) is 0 Å². The van der Waals surface area contributed by atoms with Crippen molar-refractivity contribution >= 4 is 29.1 Å². The second-order valence-electron chi connectivity index (χ2n) is 8.38. The van der Waals surface area contributed by atoms with Crippen LogP contribution in [-0.2, 0) is 17.9 Å². The maximum Gasteiger partial charge on any atom is 0.277 e. The molecule has 2 amide bonds. The van der Waals surface area contributed by atoms with E-state index in [0.29, 0.717) is 53.4 Å². The number of hydrogen-bond acceptors (Lipinski definition) is 5. The van der Waals surface area contributed by atoms with E-state index in [1.165, 1.54) is 4.90 Å². The van der Waals surface area contributed by atoms with Gasteiger partial charge in [0.1, 0.15) is 24.4 Å². The largest absolute Gasteiger partial charge is 0.486 e. The number of carbonyl (C=O) groups excluding carboxylic acids is 2. The van der Waals surface area contributed by atoms with E-state index in [1.807, 2.05) is 19.1 Å². The predicted octanol–water partition coefficient (Wildman–Crippen LogP) is 3.35. The number of rotatable bonds is 4. The normalized spacial score (nSPS) is 19.2. The average molecular weight is 467 g/mol. The number of halogens is 1. The van der Waals surface area contributed by atoms with E-state index < -0.39 is 5.54 Å². The molecule has 8 nitrogen and oxygen atoms in total. The first-order valence-electron chi connectivity index (χ1n) is 10.7. The molecule has 2 aromatic carbocycles. The van der Waals surface area contributed by atoms with Crippen LogP contribution in [0.3, 0.4) is 0 Å². The van der Waals surface area contributed by atoms with Crippen LogP contribution in [0.2, 0.25) is 5.02 Å². The number of carbonyl (C=O) groups is 2. The van der Waals surface area contributed by atoms with Gasteiger partial charge in [-0.25, -0.2) is 0 Å². The van der Waals surface area contributed by atoms with Crippen molar-refractivity contribution in [3.8, 4) is 11.5 Å². The monoisotopic (exact) mass is 466 g/mol. The Bertz CT molecular complexity index is 1240. The van der Waals surface area contributed by atoms with E-state index in [9.17, 15) is 9.59 Å². The van der Waals surface area contributed by atoms with Crippen LogP contribution in [0, 0.1) is 6.92 Å². The molecule has 5 rings (SSSR count). The number of ether oxygens (including phenoxy) is 2. The van der Waals surface area contributed by atoms with E-state index in [4.69, 9.17) is 21.1 Å². The van der Waals surface area contributed by atoms with E-state index in [-0.39, 0.29) is 18.4 Å². The topological polar surface area (TPSA) is 85.7 Å². The molecule has 170 valence electrons. The van der Waals surface area contributed by atoms with Gasteiger partial charge in [-0.1, -0.05) is 23.7 Å². The fourth-order valence-corrected chi connectivity index (χ4v) is 4.39. The SMILES string of the molecule is Cc1cc2n(n1)C[C@@](C)(C(=O)NCc1ccc(Cl)cc1)N(c1ccc3c(c1)OCCO3)C2=O. The summed E-state index contributed by atoms with van der Waals surface area (Å²) in [6, 6.07) is 14.3. The molecule has 0 saturated carbocycles. The molecule has 0 radical (unpaired) electrons. The summed E-state index contributed by atoms with van der Waals surface area (Å²) in [6.45, 7) is 4.99. The summed E-state index contributed by atoms with van der Waals surface area (Å²) in [5.41, 5.74) is 1.38. The number of benzene rings is 2. The fourth-order valence-electron chi connectivity index (χ4n) is 4.26. The lowest BCUT2D eigenvalue weighted by Gasteiger charge is -2.43. The quantitative estimate of drug-likeness (QED) is 0.637. The van der Waals surface area contributed by atoms with Crippen molar-refractivity contribution in [3.05, 3.63) is 70.5 Å². The van der Waals surface area contributed by atoms with Crippen LogP contribution < -0.4 is 19.7 Å². The Morgan fingerprint density at radius 2 is 1.85 bits per heavy atom. The Morgan fingerprint density at radius 1 is 1.12 bits per heavy atom. The van der Waals surface area contributed by atoms with Crippen LogP contribution in [0.1, 0.15) is 28.7 Å². The molecule has 0 unspecified atom stereocenters. The van der Waals surface area contributed by atoms with Gasteiger partial charge in [0.2, 0.25) is 5.91 Å². The molecular formula is C24H23ClN4O4. The van der Waals surface area contributed by atoms with Crippen molar-refractivity contribution in [3.63, 3.8) is 0 Å². The average Bonchev–Trinajstić information content (AvgIpc) is 3.18. The third-order valence-electron chi connectivity index (χ3n) is 5.91. The highest BCUT2D eigenvalue weighted by atomic mass is 35.5. The van der Waals surface area contributed by atoms with Crippen molar-refractivity contribution in [1.29, 1.82) is 0 Å². The predicted molar refractivity (Wildman–Crippen MR) is 123 cm³/mol. The molecule has 3 aromatic rings. The number of nitrogens with one attached hydrogen (secondary N) is 1. The zero-order valence-electron chi connectivity index (χ0n) is 18.3. The maximum absolute atomic E-state index is 13.6. The van der Waals surface area contributed by atoms with Gasteiger partial charge in [0.15, 0.2) is 11.5 Å². The smallest absolute Gasteiger partial charge is 0.277 e. The number of anilines is 1. The first-order valence-corrected chi connectivity index (χ1v) is 11.0. The van der Waals surface area contributed by atoms with Crippen LogP contribution in [0.4, 0.5) is 5.69 Å². The highest BCUT2D eigenvalue weighted by molar-refractivity contribution is 6.30. The lowest BCUT2D eigenvalue weighted by atomic mass is 9.93. The van der Waals surface area contributed by atoms with Crippen molar-refractivity contribution in [2.75, 3.05) is 18.1 Å². The summed E-state index contributed by atoms with van der Waals surface area (Å²) in [7, 11) is 0. The molecule has 33 heavy (non-hydrogen) atoms. The number of nitrogens with zero attached hydrogens (tertiary/aromatic N) is 3. The van der Waals surface area contributed by atoms with Crippen LogP contribution >= 0.6 is 11.6 Å². The van der Waals surface area contributed by atoms with Gasteiger partial charge in [0, 0.05) is 23.3 Å². The lowest BCUT2D eigenvalue weighted by molar-refractivity contribution is -0.126. The van der Waals surface area contributed by atoms with Crippen LogP contribution in [0.15, 0.2) is 48.5 Å². The molecule has 1 aromatic heterocycles. The van der Waals surface area contributed by atoms with Crippen LogP contribution in [-0.4, -0.2) is 40.3 Å². The Balaban J connectivity index is 1.51. The van der Waals surface area contributed by atoms with E-state index >= 15 is 0 Å². The van der Waals surface area contributed by atoms with Crippen molar-refractivity contribution in [2.24, 2.45) is 0 Å². The second kappa shape index (κ2) is 8.12. The minimum Gasteiger partial charge on any atom is -0.486 e. The van der Waals surface area contributed by atoms with Gasteiger partial charge in [0.05, 0.1) is 12.2 Å². The maximum atomic E-state index is 13.6. The molecular weight excluding hydrogens is 444 g/mol. The molecule has 0 saturated heterocycles. The highest BCUT2D eigenvalue weighted by Gasteiger charge is 2.49. The molecule has 2 aliphatic heterocycles. The summed E-state index contributed by atoms with van der Waals surface area (Å²) in [5.74, 6) is 0.567. The Hall–Kier alpha value is -3.52. The van der Waals surface area contributed by atoms with Gasteiger partial charge in [-0.15, -0.1) is 0 Å². The summed E-state index contributed by atoms with van der Waals surface area (Å²) >= 11 is 5.96. The van der Waals surface area contributed by atoms with Crippen molar-refractivity contribution < 1.29 is 19.1 Å². The van der Waals surface area contributed by atoms with E-state index in [1.54, 1.807) is 48.0 Å². The summed E-state index contributed by atoms with van der Waals surface area (Å²) in [4.78, 5) is 28.7. The zero-order valence-corrected chi connectivity index (χ0v) is 19.1. The summed E-state index contributed by atoms with van der Waals surface area (Å²) in [5, 5.41) is 8.04. The molecule has 0 fully saturated rings. The van der Waals surface area contributed by atoms with Gasteiger partial charge in [-0.05, 0) is 49.7 Å². The second-order valence-corrected chi connectivity index (χ2v) is 8.82. The highest BCUT2D eigenvalue weighted by Crippen LogP contribution is 2.39. The van der Waals surface area contributed by atoms with Crippen LogP contribution in [0.5, 0.6) is 11.5 Å². The van der Waals surface area contributed by atoms with Crippen molar-refractivity contribution in [1.82, 2.24) is 15.1 Å². The lowest BCUT2D eigenvalue weighted by Crippen LogP contribution is -2.64. The Labute approximate surface area is 196 Å². The van der Waals surface area contributed by atoms with E-state index in [2.05, 4.69) is 10.4 Å². The van der Waals surface area contributed by atoms with Gasteiger partial charge in [-0.3, -0.25) is 19.2 Å². The number of aryl methyl sites for hydroxylation is 1. The van der Waals surface area contributed by atoms with E-state index in [0.717, 1.165) is 5.56 Å². The van der Waals surface area contributed by atoms with Crippen molar-refractivity contribution in [2.45, 2.75) is 32.5 Å². The number of hydrogen-bond donors (Lipinski definition) is 1. The molecule has 0 aliphatic carbocycles. The molecule has 3 heterocycles. The van der Waals surface area contributed by atoms with Gasteiger partial charge in [-0.2, -0.15) is 5.10 Å². The zero-order chi connectivity index (χ0) is 23.2. The minimum atomic E-state index is -1.22.